The monoisotopic (exact) mass is 330 g/mol. The molecule has 0 spiro atoms. The summed E-state index contributed by atoms with van der Waals surface area (Å²) in [6.45, 7) is 2.24. The number of imide groups is 1. The molecular formula is C11H11IN2O2. The van der Waals surface area contributed by atoms with Gasteiger partial charge < -0.3 is 0 Å². The van der Waals surface area contributed by atoms with Gasteiger partial charge in [-0.25, -0.2) is 4.79 Å². The van der Waals surface area contributed by atoms with E-state index < -0.39 is 0 Å². The van der Waals surface area contributed by atoms with Crippen molar-refractivity contribution >= 4 is 40.2 Å². The van der Waals surface area contributed by atoms with Crippen LogP contribution in [-0.4, -0.2) is 18.5 Å². The number of carbonyl (C=O) groups is 2. The summed E-state index contributed by atoms with van der Waals surface area (Å²) in [5, 5.41) is 2.34. The van der Waals surface area contributed by atoms with E-state index in [1.165, 1.54) is 0 Å². The Morgan fingerprint density at radius 3 is 2.56 bits per heavy atom. The van der Waals surface area contributed by atoms with E-state index in [0.717, 1.165) is 9.26 Å². The molecule has 1 aromatic rings. The summed E-state index contributed by atoms with van der Waals surface area (Å²) < 4.78 is 1.11. The Bertz CT molecular complexity index is 430. The fourth-order valence-corrected chi connectivity index (χ4v) is 1.94. The van der Waals surface area contributed by atoms with E-state index in [4.69, 9.17) is 0 Å². The number of nitrogens with one attached hydrogen (secondary N) is 1. The Kier molecular flexibility index (Phi) is 3.13. The number of anilines is 1. The van der Waals surface area contributed by atoms with Crippen molar-refractivity contribution in [2.45, 2.75) is 6.92 Å². The quantitative estimate of drug-likeness (QED) is 0.801. The Hall–Kier alpha value is -1.11. The number of rotatable bonds is 1. The van der Waals surface area contributed by atoms with E-state index in [1.54, 1.807) is 4.90 Å². The first kappa shape index (κ1) is 11.4. The van der Waals surface area contributed by atoms with Gasteiger partial charge in [-0.05, 0) is 46.9 Å². The van der Waals surface area contributed by atoms with Crippen LogP contribution in [-0.2, 0) is 4.79 Å². The summed E-state index contributed by atoms with van der Waals surface area (Å²) in [6, 6.07) is 7.28. The van der Waals surface area contributed by atoms with Crippen LogP contribution < -0.4 is 10.2 Å². The number of carbonyl (C=O) groups excluding carboxylic acids is 2. The van der Waals surface area contributed by atoms with Gasteiger partial charge in [0.15, 0.2) is 0 Å². The molecule has 84 valence electrons. The second-order valence-corrected chi connectivity index (χ2v) is 5.03. The zero-order chi connectivity index (χ0) is 11.7. The normalized spacial score (nSPS) is 20.9. The first-order chi connectivity index (χ1) is 7.58. The zero-order valence-corrected chi connectivity index (χ0v) is 10.9. The molecule has 16 heavy (non-hydrogen) atoms. The largest absolute Gasteiger partial charge is 0.328 e. The zero-order valence-electron chi connectivity index (χ0n) is 8.74. The number of benzene rings is 1. The molecular weight excluding hydrogens is 319 g/mol. The number of hydrogen-bond donors (Lipinski definition) is 1. The van der Waals surface area contributed by atoms with E-state index >= 15 is 0 Å². The van der Waals surface area contributed by atoms with Crippen LogP contribution in [0.3, 0.4) is 0 Å². The van der Waals surface area contributed by atoms with Crippen molar-refractivity contribution in [2.24, 2.45) is 5.92 Å². The van der Waals surface area contributed by atoms with Crippen LogP contribution in [0.15, 0.2) is 24.3 Å². The molecule has 0 bridgehead atoms. The van der Waals surface area contributed by atoms with Gasteiger partial charge in [-0.2, -0.15) is 0 Å². The predicted molar refractivity (Wildman–Crippen MR) is 69.2 cm³/mol. The molecule has 1 fully saturated rings. The standard InChI is InChI=1S/C11H11IN2O2/c1-7-6-14(11(16)13-10(7)15)9-4-2-8(12)3-5-9/h2-5,7H,6H2,1H3,(H,13,15,16). The molecule has 1 aliphatic heterocycles. The Morgan fingerprint density at radius 1 is 1.31 bits per heavy atom. The summed E-state index contributed by atoms with van der Waals surface area (Å²) in [5.74, 6) is -0.372. The van der Waals surface area contributed by atoms with Gasteiger partial charge in [-0.15, -0.1) is 0 Å². The van der Waals surface area contributed by atoms with Crippen molar-refractivity contribution in [3.8, 4) is 0 Å². The molecule has 1 aromatic carbocycles. The van der Waals surface area contributed by atoms with Crippen molar-refractivity contribution in [1.82, 2.24) is 5.32 Å². The van der Waals surface area contributed by atoms with Crippen molar-refractivity contribution in [1.29, 1.82) is 0 Å². The SMILES string of the molecule is CC1CN(c2ccc(I)cc2)C(=O)NC1=O. The summed E-state index contributed by atoms with van der Waals surface area (Å²) in [7, 11) is 0. The van der Waals surface area contributed by atoms with Crippen LogP contribution in [0.1, 0.15) is 6.92 Å². The van der Waals surface area contributed by atoms with Gasteiger partial charge in [0, 0.05) is 15.8 Å². The van der Waals surface area contributed by atoms with Gasteiger partial charge in [0.05, 0.1) is 5.92 Å². The van der Waals surface area contributed by atoms with Crippen LogP contribution in [0.4, 0.5) is 10.5 Å². The van der Waals surface area contributed by atoms with Crippen LogP contribution in [0.5, 0.6) is 0 Å². The average molecular weight is 330 g/mol. The highest BCUT2D eigenvalue weighted by atomic mass is 127. The maximum Gasteiger partial charge on any atom is 0.328 e. The highest BCUT2D eigenvalue weighted by Gasteiger charge is 2.29. The fourth-order valence-electron chi connectivity index (χ4n) is 1.58. The van der Waals surface area contributed by atoms with Gasteiger partial charge in [0.25, 0.3) is 0 Å². The fraction of sp³-hybridized carbons (Fsp3) is 0.273. The smallest absolute Gasteiger partial charge is 0.293 e. The van der Waals surface area contributed by atoms with Crippen LogP contribution in [0.25, 0.3) is 0 Å². The van der Waals surface area contributed by atoms with E-state index in [9.17, 15) is 9.59 Å². The van der Waals surface area contributed by atoms with Crippen LogP contribution in [0.2, 0.25) is 0 Å². The summed E-state index contributed by atoms with van der Waals surface area (Å²) >= 11 is 2.21. The number of urea groups is 1. The number of hydrogen-bond acceptors (Lipinski definition) is 2. The van der Waals surface area contributed by atoms with E-state index in [0.29, 0.717) is 6.54 Å². The molecule has 0 radical (unpaired) electrons. The van der Waals surface area contributed by atoms with Crippen molar-refractivity contribution in [2.75, 3.05) is 11.4 Å². The second-order valence-electron chi connectivity index (χ2n) is 3.78. The molecule has 1 unspecified atom stereocenters. The molecule has 0 aliphatic carbocycles. The predicted octanol–water partition coefficient (Wildman–Crippen LogP) is 1.98. The summed E-state index contributed by atoms with van der Waals surface area (Å²) in [6.07, 6.45) is 0. The van der Waals surface area contributed by atoms with Gasteiger partial charge in [0.1, 0.15) is 0 Å². The third kappa shape index (κ3) is 2.18. The third-order valence-corrected chi connectivity index (χ3v) is 3.24. The maximum atomic E-state index is 11.6. The Labute approximate surface area is 107 Å². The van der Waals surface area contributed by atoms with Gasteiger partial charge in [0.2, 0.25) is 5.91 Å². The average Bonchev–Trinajstić information content (AvgIpc) is 2.25. The topological polar surface area (TPSA) is 49.4 Å². The number of halogens is 1. The lowest BCUT2D eigenvalue weighted by molar-refractivity contribution is -0.123. The lowest BCUT2D eigenvalue weighted by Crippen LogP contribution is -2.53. The van der Waals surface area contributed by atoms with Crippen molar-refractivity contribution in [3.05, 3.63) is 27.8 Å². The minimum absolute atomic E-state index is 0.169. The maximum absolute atomic E-state index is 11.6. The molecule has 0 saturated carbocycles. The molecule has 4 nitrogen and oxygen atoms in total. The number of amides is 3. The highest BCUT2D eigenvalue weighted by molar-refractivity contribution is 14.1. The first-order valence-corrected chi connectivity index (χ1v) is 6.04. The number of nitrogens with zero attached hydrogens (tertiary/aromatic N) is 1. The van der Waals surface area contributed by atoms with Crippen molar-refractivity contribution < 1.29 is 9.59 Å². The van der Waals surface area contributed by atoms with Gasteiger partial charge >= 0.3 is 6.03 Å². The van der Waals surface area contributed by atoms with Crippen LogP contribution in [0, 0.1) is 9.49 Å². The summed E-state index contributed by atoms with van der Waals surface area (Å²) in [4.78, 5) is 24.5. The van der Waals surface area contributed by atoms with E-state index in [-0.39, 0.29) is 17.9 Å². The lowest BCUT2D eigenvalue weighted by atomic mass is 10.1. The molecule has 2 rings (SSSR count). The molecule has 1 aliphatic rings. The minimum atomic E-state index is -0.343. The minimum Gasteiger partial charge on any atom is -0.293 e. The summed E-state index contributed by atoms with van der Waals surface area (Å²) in [5.41, 5.74) is 0.817. The first-order valence-electron chi connectivity index (χ1n) is 4.96. The van der Waals surface area contributed by atoms with E-state index in [2.05, 4.69) is 27.9 Å². The van der Waals surface area contributed by atoms with E-state index in [1.807, 2.05) is 31.2 Å². The third-order valence-electron chi connectivity index (χ3n) is 2.52. The molecule has 5 heteroatoms. The van der Waals surface area contributed by atoms with Crippen LogP contribution >= 0.6 is 22.6 Å². The second kappa shape index (κ2) is 4.40. The highest BCUT2D eigenvalue weighted by Crippen LogP contribution is 2.20. The molecule has 1 saturated heterocycles. The molecule has 0 aromatic heterocycles. The Morgan fingerprint density at radius 2 is 1.94 bits per heavy atom. The molecule has 1 heterocycles. The van der Waals surface area contributed by atoms with Gasteiger partial charge in [-0.1, -0.05) is 6.92 Å². The van der Waals surface area contributed by atoms with Gasteiger partial charge in [-0.3, -0.25) is 15.0 Å². The lowest BCUT2D eigenvalue weighted by Gasteiger charge is -2.30. The molecule has 1 atom stereocenters. The van der Waals surface area contributed by atoms with Crippen molar-refractivity contribution in [3.63, 3.8) is 0 Å². The Balaban J connectivity index is 2.24. The molecule has 1 N–H and O–H groups in total. The molecule has 3 amide bonds.